The molecule has 0 spiro atoms. The molecule has 0 saturated carbocycles. The zero-order valence-corrected chi connectivity index (χ0v) is 17.2. The smallest absolute Gasteiger partial charge is 0.127 e. The normalized spacial score (nSPS) is 14.8. The van der Waals surface area contributed by atoms with Gasteiger partial charge in [0.2, 0.25) is 0 Å². The lowest BCUT2D eigenvalue weighted by atomic mass is 10.0. The van der Waals surface area contributed by atoms with Crippen LogP contribution in [0.3, 0.4) is 0 Å². The Bertz CT molecular complexity index is 672. The second-order valence-corrected chi connectivity index (χ2v) is 8.52. The summed E-state index contributed by atoms with van der Waals surface area (Å²) in [5, 5.41) is 0. The minimum absolute atomic E-state index is 0.122. The summed E-state index contributed by atoms with van der Waals surface area (Å²) in [7, 11) is 0. The van der Waals surface area contributed by atoms with E-state index in [9.17, 15) is 0 Å². The van der Waals surface area contributed by atoms with Crippen molar-refractivity contribution >= 4 is 70.4 Å². The molecule has 0 amide bonds. The van der Waals surface area contributed by atoms with Gasteiger partial charge in [0, 0.05) is 24.5 Å². The number of halogens is 4. The maximum atomic E-state index is 5.83. The van der Waals surface area contributed by atoms with Crippen molar-refractivity contribution in [2.45, 2.75) is 11.2 Å². The van der Waals surface area contributed by atoms with Gasteiger partial charge in [-0.1, -0.05) is 47.8 Å². The van der Waals surface area contributed by atoms with Crippen LogP contribution in [0, 0.1) is 3.57 Å². The van der Waals surface area contributed by atoms with Crippen LogP contribution in [-0.4, -0.2) is 6.61 Å². The maximum absolute atomic E-state index is 5.83. The van der Waals surface area contributed by atoms with Gasteiger partial charge in [-0.2, -0.15) is 0 Å². The highest BCUT2D eigenvalue weighted by molar-refractivity contribution is 14.1. The predicted octanol–water partition coefficient (Wildman–Crippen LogP) is 6.24. The average molecular weight is 573 g/mol. The fraction of sp³-hybridized carbons (Fsp3) is 0.200. The summed E-state index contributed by atoms with van der Waals surface area (Å²) in [5.41, 5.74) is 3.71. The highest BCUT2D eigenvalue weighted by Crippen LogP contribution is 2.44. The number of benzene rings is 2. The van der Waals surface area contributed by atoms with E-state index in [1.165, 1.54) is 20.3 Å². The molecule has 0 N–H and O–H groups in total. The molecule has 1 heterocycles. The number of alkyl halides is 1. The molecular weight excluding hydrogens is 563 g/mol. The molecule has 0 bridgehead atoms. The third-order valence-electron chi connectivity index (χ3n) is 3.28. The molecule has 3 rings (SSSR count). The van der Waals surface area contributed by atoms with Crippen molar-refractivity contribution in [3.8, 4) is 5.75 Å². The molecule has 2 aromatic rings. The summed E-state index contributed by atoms with van der Waals surface area (Å²) in [6.45, 7) is 0.772. The fourth-order valence-corrected chi connectivity index (χ4v) is 5.06. The molecule has 20 heavy (non-hydrogen) atoms. The largest absolute Gasteiger partial charge is 0.493 e. The summed E-state index contributed by atoms with van der Waals surface area (Å²) in [5.74, 6) is 1.03. The van der Waals surface area contributed by atoms with Crippen LogP contribution in [0.4, 0.5) is 0 Å². The van der Waals surface area contributed by atoms with E-state index in [0.717, 1.165) is 27.7 Å². The minimum atomic E-state index is 0.122. The van der Waals surface area contributed by atoms with Crippen molar-refractivity contribution < 1.29 is 4.74 Å². The van der Waals surface area contributed by atoms with Crippen LogP contribution in [0.25, 0.3) is 0 Å². The Labute approximate surface area is 157 Å². The Hall–Kier alpha value is 0.410. The van der Waals surface area contributed by atoms with E-state index < -0.39 is 0 Å². The Morgan fingerprint density at radius 3 is 2.60 bits per heavy atom. The summed E-state index contributed by atoms with van der Waals surface area (Å²) in [4.78, 5) is 0.122. The third-order valence-corrected chi connectivity index (χ3v) is 6.20. The first-order chi connectivity index (χ1) is 9.56. The second-order valence-electron chi connectivity index (χ2n) is 4.61. The summed E-state index contributed by atoms with van der Waals surface area (Å²) in [6, 6.07) is 10.6. The Kier molecular flexibility index (Phi) is 4.79. The van der Waals surface area contributed by atoms with Gasteiger partial charge < -0.3 is 4.74 Å². The van der Waals surface area contributed by atoms with Crippen LogP contribution in [0.15, 0.2) is 39.3 Å². The molecule has 1 atom stereocenters. The van der Waals surface area contributed by atoms with Crippen LogP contribution < -0.4 is 4.74 Å². The van der Waals surface area contributed by atoms with Gasteiger partial charge in [-0.15, -0.1) is 0 Å². The number of rotatable bonds is 2. The number of ether oxygens (including phenoxy) is 1. The van der Waals surface area contributed by atoms with Crippen molar-refractivity contribution in [2.24, 2.45) is 0 Å². The van der Waals surface area contributed by atoms with E-state index in [-0.39, 0.29) is 4.83 Å². The fourth-order valence-electron chi connectivity index (χ4n) is 2.36. The first kappa shape index (κ1) is 15.3. The molecule has 1 unspecified atom stereocenters. The van der Waals surface area contributed by atoms with Crippen molar-refractivity contribution in [3.63, 3.8) is 0 Å². The first-order valence-electron chi connectivity index (χ1n) is 6.10. The number of hydrogen-bond donors (Lipinski definition) is 0. The topological polar surface area (TPSA) is 9.23 Å². The molecule has 104 valence electrons. The minimum Gasteiger partial charge on any atom is -0.493 e. The van der Waals surface area contributed by atoms with Crippen LogP contribution in [0.2, 0.25) is 0 Å². The van der Waals surface area contributed by atoms with Crippen LogP contribution in [0.5, 0.6) is 5.75 Å². The molecule has 0 radical (unpaired) electrons. The van der Waals surface area contributed by atoms with Gasteiger partial charge in [-0.05, 0) is 64.0 Å². The van der Waals surface area contributed by atoms with E-state index in [4.69, 9.17) is 4.74 Å². The molecular formula is C15H10Br3IO. The molecule has 0 aliphatic carbocycles. The first-order valence-corrected chi connectivity index (χ1v) is 9.68. The predicted molar refractivity (Wildman–Crippen MR) is 101 cm³/mol. The molecule has 0 fully saturated rings. The lowest BCUT2D eigenvalue weighted by Crippen LogP contribution is -1.99. The summed E-state index contributed by atoms with van der Waals surface area (Å²) >= 11 is 13.4. The van der Waals surface area contributed by atoms with E-state index in [2.05, 4.69) is 101 Å². The quantitative estimate of drug-likeness (QED) is 0.306. The van der Waals surface area contributed by atoms with Crippen LogP contribution in [-0.2, 0) is 6.42 Å². The standard InChI is InChI=1S/C15H10Br3IO/c16-9-1-2-13(19)11(6-9)14(18)12-7-10(17)5-8-3-4-20-15(8)12/h1-2,5-7,14H,3-4H2. The van der Waals surface area contributed by atoms with Crippen molar-refractivity contribution in [2.75, 3.05) is 6.61 Å². The lowest BCUT2D eigenvalue weighted by molar-refractivity contribution is 0.354. The molecule has 1 nitrogen and oxygen atoms in total. The summed E-state index contributed by atoms with van der Waals surface area (Å²) < 4.78 is 9.26. The highest BCUT2D eigenvalue weighted by atomic mass is 127. The molecule has 1 aliphatic heterocycles. The van der Waals surface area contributed by atoms with Crippen molar-refractivity contribution in [1.82, 2.24) is 0 Å². The molecule has 0 aromatic heterocycles. The van der Waals surface area contributed by atoms with Gasteiger partial charge >= 0.3 is 0 Å². The zero-order valence-electron chi connectivity index (χ0n) is 10.3. The maximum Gasteiger partial charge on any atom is 0.127 e. The van der Waals surface area contributed by atoms with Crippen molar-refractivity contribution in [3.05, 3.63) is 59.5 Å². The van der Waals surface area contributed by atoms with E-state index >= 15 is 0 Å². The van der Waals surface area contributed by atoms with Gasteiger partial charge in [-0.3, -0.25) is 0 Å². The highest BCUT2D eigenvalue weighted by Gasteiger charge is 2.24. The van der Waals surface area contributed by atoms with Gasteiger partial charge in [0.15, 0.2) is 0 Å². The van der Waals surface area contributed by atoms with Gasteiger partial charge in [0.25, 0.3) is 0 Å². The monoisotopic (exact) mass is 570 g/mol. The lowest BCUT2D eigenvalue weighted by Gasteiger charge is -2.17. The Balaban J connectivity index is 2.11. The molecule has 5 heteroatoms. The van der Waals surface area contributed by atoms with Gasteiger partial charge in [-0.25, -0.2) is 0 Å². The van der Waals surface area contributed by atoms with E-state index in [0.29, 0.717) is 0 Å². The van der Waals surface area contributed by atoms with Gasteiger partial charge in [0.05, 0.1) is 11.4 Å². The van der Waals surface area contributed by atoms with E-state index in [1.807, 2.05) is 0 Å². The van der Waals surface area contributed by atoms with Crippen LogP contribution >= 0.6 is 70.4 Å². The van der Waals surface area contributed by atoms with Crippen LogP contribution in [0.1, 0.15) is 21.5 Å². The summed E-state index contributed by atoms with van der Waals surface area (Å²) in [6.07, 6.45) is 0.983. The third kappa shape index (κ3) is 2.96. The number of hydrogen-bond acceptors (Lipinski definition) is 1. The van der Waals surface area contributed by atoms with Gasteiger partial charge in [0.1, 0.15) is 5.75 Å². The zero-order chi connectivity index (χ0) is 14.3. The Morgan fingerprint density at radius 1 is 1.05 bits per heavy atom. The molecule has 1 aliphatic rings. The molecule has 0 saturated heterocycles. The second kappa shape index (κ2) is 6.26. The number of fused-ring (bicyclic) bond motifs is 1. The SMILES string of the molecule is Brc1ccc(I)c(C(Br)c2cc(Br)cc3c2OCC3)c1. The van der Waals surface area contributed by atoms with Crippen molar-refractivity contribution in [1.29, 1.82) is 0 Å². The Morgan fingerprint density at radius 2 is 1.80 bits per heavy atom. The van der Waals surface area contributed by atoms with E-state index in [1.54, 1.807) is 0 Å². The molecule has 2 aromatic carbocycles. The average Bonchev–Trinajstić information content (AvgIpc) is 2.87.